The van der Waals surface area contributed by atoms with Crippen LogP contribution in [0.5, 0.6) is 0 Å². The largest absolute Gasteiger partial charge is 0.477 e. The molecule has 0 saturated heterocycles. The molecule has 2 rings (SSSR count). The minimum absolute atomic E-state index is 0.0814. The fourth-order valence-corrected chi connectivity index (χ4v) is 4.11. The van der Waals surface area contributed by atoms with Gasteiger partial charge in [0.25, 0.3) is 0 Å². The number of carbonyl (C=O) groups is 1. The first kappa shape index (κ1) is 22.2. The number of carboxylic acids is 1. The van der Waals surface area contributed by atoms with Crippen molar-refractivity contribution < 1.29 is 9.90 Å². The molecule has 1 N–H and O–H groups in total. The van der Waals surface area contributed by atoms with Crippen molar-refractivity contribution in [3.05, 3.63) is 47.1 Å². The average molecular weight is 392 g/mol. The fraction of sp³-hybridized carbons (Fsp3) is 0.458. The first-order chi connectivity index (χ1) is 13.4. The van der Waals surface area contributed by atoms with Crippen LogP contribution in [0.1, 0.15) is 59.1 Å². The van der Waals surface area contributed by atoms with E-state index in [9.17, 15) is 4.79 Å². The van der Waals surface area contributed by atoms with Crippen LogP contribution in [-0.4, -0.2) is 23.2 Å². The predicted octanol–water partition coefficient (Wildman–Crippen LogP) is 5.05. The second-order valence-electron chi connectivity index (χ2n) is 9.00. The lowest BCUT2D eigenvalue weighted by atomic mass is 9.53. The van der Waals surface area contributed by atoms with Gasteiger partial charge in [0, 0.05) is 17.8 Å². The van der Waals surface area contributed by atoms with E-state index in [1.54, 1.807) is 12.1 Å². The van der Waals surface area contributed by atoms with Gasteiger partial charge in [0.15, 0.2) is 0 Å². The molecule has 152 valence electrons. The molecular weight excluding hydrogens is 362 g/mol. The number of hydrogen-bond acceptors (Lipinski definition) is 4. The molecule has 0 aliphatic carbocycles. The van der Waals surface area contributed by atoms with Crippen LogP contribution in [0.15, 0.2) is 35.9 Å². The molecule has 0 unspecified atom stereocenters. The normalized spacial score (nSPS) is 19.3. The Kier molecular flexibility index (Phi) is 5.95. The van der Waals surface area contributed by atoms with Gasteiger partial charge in [-0.2, -0.15) is 10.5 Å². The molecule has 0 atom stereocenters. The Labute approximate surface area is 173 Å². The molecule has 0 saturated carbocycles. The van der Waals surface area contributed by atoms with Gasteiger partial charge in [0.1, 0.15) is 11.6 Å². The van der Waals surface area contributed by atoms with Crippen molar-refractivity contribution in [1.29, 1.82) is 10.5 Å². The number of rotatable bonds is 5. The van der Waals surface area contributed by atoms with E-state index >= 15 is 0 Å². The first-order valence-electron chi connectivity index (χ1n) is 9.72. The van der Waals surface area contributed by atoms with E-state index in [0.717, 1.165) is 11.3 Å². The van der Waals surface area contributed by atoms with E-state index in [1.807, 2.05) is 12.1 Å². The van der Waals surface area contributed by atoms with Gasteiger partial charge in [-0.1, -0.05) is 45.9 Å². The monoisotopic (exact) mass is 391 g/mol. The summed E-state index contributed by atoms with van der Waals surface area (Å²) in [6.07, 6.45) is 5.16. The highest BCUT2D eigenvalue weighted by atomic mass is 16.4. The molecule has 0 bridgehead atoms. The van der Waals surface area contributed by atoms with Crippen LogP contribution >= 0.6 is 0 Å². The van der Waals surface area contributed by atoms with Crippen molar-refractivity contribution in [2.45, 2.75) is 58.9 Å². The van der Waals surface area contributed by atoms with Gasteiger partial charge in [-0.25, -0.2) is 4.79 Å². The minimum Gasteiger partial charge on any atom is -0.477 e. The predicted molar refractivity (Wildman–Crippen MR) is 115 cm³/mol. The van der Waals surface area contributed by atoms with E-state index < -0.39 is 5.97 Å². The van der Waals surface area contributed by atoms with Crippen LogP contribution in [0.2, 0.25) is 0 Å². The molecule has 1 aliphatic rings. The standard InChI is InChI=1S/C24H29N3O2/c1-22(2)19-15-17(9-7-10-18(16-26)21(28)29)11-12-20(19)27(14-8-13-25)24(5,6)23(22,3)4/h7,9-12,15H,8,14H2,1-6H3,(H,28,29). The van der Waals surface area contributed by atoms with Gasteiger partial charge < -0.3 is 10.0 Å². The van der Waals surface area contributed by atoms with Crippen molar-refractivity contribution in [3.63, 3.8) is 0 Å². The summed E-state index contributed by atoms with van der Waals surface area (Å²) in [6, 6.07) is 10.1. The van der Waals surface area contributed by atoms with Crippen LogP contribution in [0, 0.1) is 28.1 Å². The van der Waals surface area contributed by atoms with Crippen LogP contribution in [-0.2, 0) is 10.2 Å². The van der Waals surface area contributed by atoms with Crippen LogP contribution < -0.4 is 4.90 Å². The summed E-state index contributed by atoms with van der Waals surface area (Å²) in [5.41, 5.74) is 2.60. The van der Waals surface area contributed by atoms with Crippen LogP contribution in [0.25, 0.3) is 6.08 Å². The SMILES string of the molecule is CC1(C)c2cc(C=CC=C(C#N)C(=O)O)ccc2N(CCC#N)C(C)(C)C1(C)C. The summed E-state index contributed by atoms with van der Waals surface area (Å²) >= 11 is 0. The molecule has 1 aromatic carbocycles. The number of carboxylic acid groups (broad SMARTS) is 1. The average Bonchev–Trinajstić information content (AvgIpc) is 2.64. The molecule has 0 spiro atoms. The van der Waals surface area contributed by atoms with E-state index in [0.29, 0.717) is 13.0 Å². The summed E-state index contributed by atoms with van der Waals surface area (Å²) in [7, 11) is 0. The summed E-state index contributed by atoms with van der Waals surface area (Å²) in [4.78, 5) is 13.3. The number of nitriles is 2. The maximum Gasteiger partial charge on any atom is 0.346 e. The van der Waals surface area contributed by atoms with Crippen molar-refractivity contribution in [2.24, 2.45) is 5.41 Å². The Morgan fingerprint density at radius 1 is 1.17 bits per heavy atom. The molecule has 0 amide bonds. The van der Waals surface area contributed by atoms with Crippen molar-refractivity contribution in [3.8, 4) is 12.1 Å². The highest BCUT2D eigenvalue weighted by Gasteiger charge is 2.56. The Morgan fingerprint density at radius 3 is 2.38 bits per heavy atom. The molecule has 1 aliphatic heterocycles. The van der Waals surface area contributed by atoms with Gasteiger partial charge in [-0.3, -0.25) is 0 Å². The highest BCUT2D eigenvalue weighted by molar-refractivity contribution is 5.91. The quantitative estimate of drug-likeness (QED) is 0.431. The van der Waals surface area contributed by atoms with Gasteiger partial charge >= 0.3 is 5.97 Å². The van der Waals surface area contributed by atoms with Crippen molar-refractivity contribution >= 4 is 17.7 Å². The molecule has 1 aromatic rings. The second kappa shape index (κ2) is 7.76. The Bertz CT molecular complexity index is 953. The summed E-state index contributed by atoms with van der Waals surface area (Å²) in [5, 5.41) is 27.0. The molecule has 1 heterocycles. The van der Waals surface area contributed by atoms with Gasteiger partial charge in [0.05, 0.1) is 12.5 Å². The van der Waals surface area contributed by atoms with E-state index in [1.165, 1.54) is 11.6 Å². The van der Waals surface area contributed by atoms with E-state index in [-0.39, 0.29) is 21.9 Å². The zero-order valence-corrected chi connectivity index (χ0v) is 18.1. The summed E-state index contributed by atoms with van der Waals surface area (Å²) < 4.78 is 0. The second-order valence-corrected chi connectivity index (χ2v) is 9.00. The topological polar surface area (TPSA) is 88.1 Å². The molecule has 0 radical (unpaired) electrons. The number of hydrogen-bond donors (Lipinski definition) is 1. The number of allylic oxidation sites excluding steroid dienone is 2. The zero-order chi connectivity index (χ0) is 22.0. The Morgan fingerprint density at radius 2 is 1.83 bits per heavy atom. The molecule has 5 nitrogen and oxygen atoms in total. The van der Waals surface area contributed by atoms with Crippen molar-refractivity contribution in [1.82, 2.24) is 0 Å². The van der Waals surface area contributed by atoms with Gasteiger partial charge in [-0.05, 0) is 54.0 Å². The minimum atomic E-state index is -1.24. The molecule has 0 aromatic heterocycles. The summed E-state index contributed by atoms with van der Waals surface area (Å²) in [6.45, 7) is 14.2. The molecular formula is C24H29N3O2. The summed E-state index contributed by atoms with van der Waals surface area (Å²) in [5.74, 6) is -1.24. The smallest absolute Gasteiger partial charge is 0.346 e. The first-order valence-corrected chi connectivity index (χ1v) is 9.72. The third kappa shape index (κ3) is 3.66. The number of benzene rings is 1. The number of anilines is 1. The molecule has 29 heavy (non-hydrogen) atoms. The van der Waals surface area contributed by atoms with Crippen LogP contribution in [0.3, 0.4) is 0 Å². The maximum atomic E-state index is 11.0. The van der Waals surface area contributed by atoms with Crippen molar-refractivity contribution in [2.75, 3.05) is 11.4 Å². The number of fused-ring (bicyclic) bond motifs is 1. The number of aliphatic carboxylic acids is 1. The lowest BCUT2D eigenvalue weighted by Gasteiger charge is -2.62. The van der Waals surface area contributed by atoms with E-state index in [2.05, 4.69) is 64.6 Å². The Balaban J connectivity index is 2.58. The lowest BCUT2D eigenvalue weighted by Crippen LogP contribution is -2.64. The third-order valence-electron chi connectivity index (χ3n) is 7.10. The van der Waals surface area contributed by atoms with Gasteiger partial charge in [-0.15, -0.1) is 0 Å². The fourth-order valence-electron chi connectivity index (χ4n) is 4.11. The lowest BCUT2D eigenvalue weighted by molar-refractivity contribution is -0.132. The Hall–Kier alpha value is -3.05. The van der Waals surface area contributed by atoms with Crippen LogP contribution in [0.4, 0.5) is 5.69 Å². The van der Waals surface area contributed by atoms with E-state index in [4.69, 9.17) is 15.6 Å². The number of nitrogens with zero attached hydrogens (tertiary/aromatic N) is 3. The highest BCUT2D eigenvalue weighted by Crippen LogP contribution is 2.57. The molecule has 5 heteroatoms. The maximum absolute atomic E-state index is 11.0. The van der Waals surface area contributed by atoms with Gasteiger partial charge in [0.2, 0.25) is 0 Å². The third-order valence-corrected chi connectivity index (χ3v) is 7.10. The molecule has 0 fully saturated rings. The zero-order valence-electron chi connectivity index (χ0n) is 18.1.